The molecule has 4 nitrogen and oxygen atoms in total. The predicted octanol–water partition coefficient (Wildman–Crippen LogP) is 12.4. The number of carbonyl (C=O) groups is 1. The lowest BCUT2D eigenvalue weighted by Crippen LogP contribution is -2.45. The van der Waals surface area contributed by atoms with Gasteiger partial charge < -0.3 is 15.5 Å². The maximum Gasteiger partial charge on any atom is 0.220 e. The van der Waals surface area contributed by atoms with Crippen molar-refractivity contribution >= 4 is 5.91 Å². The van der Waals surface area contributed by atoms with Gasteiger partial charge in [0.05, 0.1) is 18.8 Å². The van der Waals surface area contributed by atoms with E-state index in [4.69, 9.17) is 0 Å². The summed E-state index contributed by atoms with van der Waals surface area (Å²) < 4.78 is 0. The fraction of sp³-hybridized carbons (Fsp3) is 0.791. The third-order valence-corrected chi connectivity index (χ3v) is 9.03. The Morgan fingerprint density at radius 3 is 1.38 bits per heavy atom. The lowest BCUT2D eigenvalue weighted by molar-refractivity contribution is -0.123. The highest BCUT2D eigenvalue weighted by Gasteiger charge is 2.17. The molecule has 0 aliphatic carbocycles. The normalized spacial score (nSPS) is 13.5. The third kappa shape index (κ3) is 35.5. The van der Waals surface area contributed by atoms with Crippen LogP contribution < -0.4 is 5.32 Å². The molecule has 0 heterocycles. The van der Waals surface area contributed by atoms with Crippen LogP contribution in [-0.2, 0) is 4.79 Å². The number of amides is 1. The van der Waals surface area contributed by atoms with Crippen LogP contribution in [0.1, 0.15) is 200 Å². The minimum Gasteiger partial charge on any atom is -0.394 e. The maximum absolute atomic E-state index is 12.3. The van der Waals surface area contributed by atoms with E-state index >= 15 is 0 Å². The first-order chi connectivity index (χ1) is 23.2. The number of aliphatic hydroxyl groups is 2. The Labute approximate surface area is 293 Å². The van der Waals surface area contributed by atoms with Gasteiger partial charge in [0.1, 0.15) is 0 Å². The van der Waals surface area contributed by atoms with Gasteiger partial charge in [-0.25, -0.2) is 0 Å². The number of aliphatic hydroxyl groups excluding tert-OH is 2. The van der Waals surface area contributed by atoms with Gasteiger partial charge >= 0.3 is 0 Å². The molecule has 0 aromatic rings. The number of allylic oxidation sites excluding steroid dienone is 7. The fourth-order valence-electron chi connectivity index (χ4n) is 5.87. The van der Waals surface area contributed by atoms with E-state index in [1.165, 1.54) is 141 Å². The van der Waals surface area contributed by atoms with Crippen LogP contribution in [0.25, 0.3) is 0 Å². The summed E-state index contributed by atoms with van der Waals surface area (Å²) in [5.74, 6) is -0.0783. The largest absolute Gasteiger partial charge is 0.394 e. The van der Waals surface area contributed by atoms with Gasteiger partial charge in [-0.05, 0) is 64.2 Å². The molecule has 0 radical (unpaired) electrons. The van der Waals surface area contributed by atoms with Gasteiger partial charge in [0, 0.05) is 6.42 Å². The van der Waals surface area contributed by atoms with Crippen molar-refractivity contribution in [3.05, 3.63) is 48.6 Å². The van der Waals surface area contributed by atoms with Gasteiger partial charge in [-0.15, -0.1) is 0 Å². The molecule has 1 amide bonds. The third-order valence-electron chi connectivity index (χ3n) is 9.03. The average Bonchev–Trinajstić information content (AvgIpc) is 3.07. The minimum atomic E-state index is -0.860. The molecule has 0 aromatic heterocycles. The van der Waals surface area contributed by atoms with E-state index in [-0.39, 0.29) is 12.5 Å². The van der Waals surface area contributed by atoms with Crippen molar-refractivity contribution in [2.24, 2.45) is 0 Å². The van der Waals surface area contributed by atoms with Crippen LogP contribution in [0, 0.1) is 0 Å². The highest BCUT2D eigenvalue weighted by atomic mass is 16.3. The van der Waals surface area contributed by atoms with Gasteiger partial charge in [0.2, 0.25) is 5.91 Å². The van der Waals surface area contributed by atoms with Crippen LogP contribution >= 0.6 is 0 Å². The van der Waals surface area contributed by atoms with Crippen LogP contribution in [0.3, 0.4) is 0 Å². The molecule has 3 N–H and O–H groups in total. The molecule has 274 valence electrons. The second-order valence-corrected chi connectivity index (χ2v) is 13.7. The maximum atomic E-state index is 12.3. The number of nitrogens with one attached hydrogen (secondary N) is 1. The lowest BCUT2D eigenvalue weighted by atomic mass is 10.0. The summed E-state index contributed by atoms with van der Waals surface area (Å²) in [4.78, 5) is 12.3. The number of unbranched alkanes of at least 4 members (excludes halogenated alkanes) is 23. The first-order valence-electron chi connectivity index (χ1n) is 20.4. The number of hydrogen-bond donors (Lipinski definition) is 3. The van der Waals surface area contributed by atoms with Crippen LogP contribution in [0.2, 0.25) is 0 Å². The van der Waals surface area contributed by atoms with Gasteiger partial charge in [-0.2, -0.15) is 0 Å². The van der Waals surface area contributed by atoms with E-state index < -0.39 is 12.1 Å². The Morgan fingerprint density at radius 2 is 0.894 bits per heavy atom. The van der Waals surface area contributed by atoms with Gasteiger partial charge in [-0.3, -0.25) is 4.79 Å². The van der Waals surface area contributed by atoms with Crippen molar-refractivity contribution in [3.63, 3.8) is 0 Å². The molecule has 0 rings (SSSR count). The van der Waals surface area contributed by atoms with Crippen LogP contribution in [0.5, 0.6) is 0 Å². The summed E-state index contributed by atoms with van der Waals surface area (Å²) >= 11 is 0. The SMILES string of the molecule is CCCCCC/C=C/CC/C=C/C(O)C(CO)NC(=O)CCCCCCCCCCCCCCC/C=C\C/C=C\CCCCCCC. The van der Waals surface area contributed by atoms with Crippen molar-refractivity contribution in [3.8, 4) is 0 Å². The molecule has 0 fully saturated rings. The van der Waals surface area contributed by atoms with Crippen molar-refractivity contribution in [2.45, 2.75) is 212 Å². The molecular weight excluding hydrogens is 578 g/mol. The second-order valence-electron chi connectivity index (χ2n) is 13.7. The Bertz CT molecular complexity index is 756. The van der Waals surface area contributed by atoms with Crippen LogP contribution in [0.15, 0.2) is 48.6 Å². The summed E-state index contributed by atoms with van der Waals surface area (Å²) in [7, 11) is 0. The summed E-state index contributed by atoms with van der Waals surface area (Å²) in [6, 6.07) is -0.637. The molecule has 0 saturated carbocycles. The fourth-order valence-corrected chi connectivity index (χ4v) is 5.87. The molecular formula is C43H79NO3. The molecule has 0 aromatic carbocycles. The molecule has 0 aliphatic rings. The molecule has 0 aliphatic heterocycles. The standard InChI is InChI=1S/C43H79NO3/c1-3-5-7-9-11-13-15-16-17-18-19-20-21-22-23-24-25-26-27-28-29-31-33-35-37-39-43(47)44-41(40-45)42(46)38-36-34-32-30-14-12-10-8-6-4-2/h14-16,18-19,30,36,38,41-42,45-46H,3-13,17,20-29,31-35,37,39-40H2,1-2H3,(H,44,47)/b16-15-,19-18-,30-14+,38-36+. The van der Waals surface area contributed by atoms with E-state index in [1.807, 2.05) is 6.08 Å². The highest BCUT2D eigenvalue weighted by molar-refractivity contribution is 5.76. The number of rotatable bonds is 36. The van der Waals surface area contributed by atoms with Crippen molar-refractivity contribution in [2.75, 3.05) is 6.61 Å². The zero-order valence-electron chi connectivity index (χ0n) is 31.3. The van der Waals surface area contributed by atoms with E-state index in [0.29, 0.717) is 6.42 Å². The number of hydrogen-bond acceptors (Lipinski definition) is 3. The summed E-state index contributed by atoms with van der Waals surface area (Å²) in [6.07, 6.45) is 52.2. The molecule has 4 heteroatoms. The highest BCUT2D eigenvalue weighted by Crippen LogP contribution is 2.14. The molecule has 47 heavy (non-hydrogen) atoms. The van der Waals surface area contributed by atoms with E-state index in [0.717, 1.165) is 38.5 Å². The van der Waals surface area contributed by atoms with Gasteiger partial charge in [0.25, 0.3) is 0 Å². The van der Waals surface area contributed by atoms with E-state index in [9.17, 15) is 15.0 Å². The quantitative estimate of drug-likeness (QED) is 0.0464. The summed E-state index contributed by atoms with van der Waals surface area (Å²) in [5.41, 5.74) is 0. The first kappa shape index (κ1) is 45.3. The van der Waals surface area contributed by atoms with Crippen LogP contribution in [0.4, 0.5) is 0 Å². The minimum absolute atomic E-state index is 0.0783. The molecule has 0 saturated heterocycles. The zero-order chi connectivity index (χ0) is 34.3. The summed E-state index contributed by atoms with van der Waals surface area (Å²) in [6.45, 7) is 4.24. The zero-order valence-corrected chi connectivity index (χ0v) is 31.3. The van der Waals surface area contributed by atoms with Crippen LogP contribution in [-0.4, -0.2) is 34.9 Å². The Hall–Kier alpha value is -1.65. The monoisotopic (exact) mass is 658 g/mol. The molecule has 2 atom stereocenters. The number of carbonyl (C=O) groups excluding carboxylic acids is 1. The summed E-state index contributed by atoms with van der Waals surface area (Å²) in [5, 5.41) is 22.8. The second kappa shape index (κ2) is 38.8. The van der Waals surface area contributed by atoms with Crippen molar-refractivity contribution in [1.29, 1.82) is 0 Å². The van der Waals surface area contributed by atoms with E-state index in [2.05, 4.69) is 55.6 Å². The van der Waals surface area contributed by atoms with Crippen molar-refractivity contribution in [1.82, 2.24) is 5.32 Å². The van der Waals surface area contributed by atoms with E-state index in [1.54, 1.807) is 6.08 Å². The Kier molecular flexibility index (Phi) is 37.4. The Balaban J connectivity index is 3.54. The molecule has 2 unspecified atom stereocenters. The molecule has 0 bridgehead atoms. The van der Waals surface area contributed by atoms with Gasteiger partial charge in [-0.1, -0.05) is 178 Å². The van der Waals surface area contributed by atoms with Gasteiger partial charge in [0.15, 0.2) is 0 Å². The van der Waals surface area contributed by atoms with Crippen molar-refractivity contribution < 1.29 is 15.0 Å². The molecule has 0 spiro atoms. The average molecular weight is 658 g/mol. The topological polar surface area (TPSA) is 69.6 Å². The first-order valence-corrected chi connectivity index (χ1v) is 20.4. The smallest absolute Gasteiger partial charge is 0.220 e. The predicted molar refractivity (Wildman–Crippen MR) is 207 cm³/mol. The Morgan fingerprint density at radius 1 is 0.511 bits per heavy atom. The lowest BCUT2D eigenvalue weighted by Gasteiger charge is -2.19.